The number of carbonyl (C=O) groups is 1. The zero-order valence-corrected chi connectivity index (χ0v) is 13.2. The van der Waals surface area contributed by atoms with Crippen LogP contribution in [0.5, 0.6) is 5.75 Å². The van der Waals surface area contributed by atoms with Crippen molar-refractivity contribution in [2.75, 3.05) is 24.3 Å². The minimum Gasteiger partial charge on any atom is -0.489 e. The van der Waals surface area contributed by atoms with E-state index in [-0.39, 0.29) is 31.2 Å². The molecule has 5 N–H and O–H groups in total. The molecule has 0 saturated heterocycles. The lowest BCUT2D eigenvalue weighted by Gasteiger charge is -2.14. The molecule has 23 heavy (non-hydrogen) atoms. The van der Waals surface area contributed by atoms with Gasteiger partial charge in [0.15, 0.2) is 0 Å². The van der Waals surface area contributed by atoms with Crippen LogP contribution in [0.3, 0.4) is 0 Å². The summed E-state index contributed by atoms with van der Waals surface area (Å²) in [6.07, 6.45) is 0. The van der Waals surface area contributed by atoms with E-state index in [4.69, 9.17) is 15.6 Å². The van der Waals surface area contributed by atoms with Crippen molar-refractivity contribution in [2.45, 2.75) is 6.54 Å². The second-order valence-electron chi connectivity index (χ2n) is 4.64. The number of anilines is 2. The number of ether oxygens (including phenoxy) is 1. The first-order valence-corrected chi connectivity index (χ1v) is 6.80. The van der Waals surface area contributed by atoms with Gasteiger partial charge < -0.3 is 26.0 Å². The topological polar surface area (TPSA) is 105 Å². The lowest BCUT2D eigenvalue weighted by molar-refractivity contribution is 0.0696. The number of rotatable bonds is 7. The summed E-state index contributed by atoms with van der Waals surface area (Å²) in [6.45, 7) is 0.400. The molecule has 0 heterocycles. The Balaban J connectivity index is 0.00000264. The molecular formula is C16H19ClN2O4. The van der Waals surface area contributed by atoms with E-state index in [1.807, 2.05) is 0 Å². The van der Waals surface area contributed by atoms with E-state index in [2.05, 4.69) is 5.32 Å². The summed E-state index contributed by atoms with van der Waals surface area (Å²) >= 11 is 0. The van der Waals surface area contributed by atoms with Gasteiger partial charge in [-0.15, -0.1) is 12.4 Å². The molecule has 0 spiro atoms. The van der Waals surface area contributed by atoms with Gasteiger partial charge in [-0.05, 0) is 29.8 Å². The monoisotopic (exact) mass is 338 g/mol. The van der Waals surface area contributed by atoms with Crippen LogP contribution in [-0.4, -0.2) is 29.4 Å². The van der Waals surface area contributed by atoms with Gasteiger partial charge in [-0.1, -0.05) is 18.2 Å². The lowest BCUT2D eigenvalue weighted by atomic mass is 10.1. The van der Waals surface area contributed by atoms with Crippen molar-refractivity contribution in [2.24, 2.45) is 0 Å². The van der Waals surface area contributed by atoms with Crippen molar-refractivity contribution in [3.63, 3.8) is 0 Å². The van der Waals surface area contributed by atoms with Crippen LogP contribution in [-0.2, 0) is 6.54 Å². The number of nitrogens with one attached hydrogen (secondary N) is 1. The van der Waals surface area contributed by atoms with Crippen LogP contribution in [0.4, 0.5) is 11.4 Å². The van der Waals surface area contributed by atoms with Crippen LogP contribution in [0.1, 0.15) is 15.9 Å². The zero-order valence-electron chi connectivity index (χ0n) is 12.4. The number of aromatic carboxylic acids is 1. The highest BCUT2D eigenvalue weighted by molar-refractivity contribution is 5.89. The molecule has 0 aliphatic carbocycles. The summed E-state index contributed by atoms with van der Waals surface area (Å²) in [6, 6.07) is 11.9. The summed E-state index contributed by atoms with van der Waals surface area (Å²) < 4.78 is 5.42. The third-order valence-corrected chi connectivity index (χ3v) is 3.07. The molecule has 0 aromatic heterocycles. The number of halogens is 1. The predicted octanol–water partition coefficient (Wildman–Crippen LogP) is 2.37. The molecule has 7 heteroatoms. The highest BCUT2D eigenvalue weighted by atomic mass is 35.5. The summed E-state index contributed by atoms with van der Waals surface area (Å²) in [5.74, 6) is -0.419. The Morgan fingerprint density at radius 1 is 1.22 bits per heavy atom. The maximum atomic E-state index is 11.2. The standard InChI is InChI=1S/C16H18N2O4.ClH/c17-12-5-6-15(22-8-7-19)14(9-12)18-10-11-3-1-2-4-13(11)16(20)21;/h1-6,9,18-19H,7-8,10,17H2,(H,20,21);1H. The van der Waals surface area contributed by atoms with Crippen LogP contribution in [0.2, 0.25) is 0 Å². The maximum absolute atomic E-state index is 11.2. The average Bonchev–Trinajstić information content (AvgIpc) is 2.52. The highest BCUT2D eigenvalue weighted by Gasteiger charge is 2.10. The van der Waals surface area contributed by atoms with Crippen molar-refractivity contribution >= 4 is 29.8 Å². The first kappa shape index (κ1) is 18.6. The molecule has 0 aliphatic rings. The molecule has 124 valence electrons. The van der Waals surface area contributed by atoms with Crippen molar-refractivity contribution in [1.82, 2.24) is 0 Å². The first-order valence-electron chi connectivity index (χ1n) is 6.80. The van der Waals surface area contributed by atoms with E-state index in [1.54, 1.807) is 42.5 Å². The normalized spacial score (nSPS) is 9.78. The van der Waals surface area contributed by atoms with E-state index in [1.165, 1.54) is 0 Å². The molecule has 0 aliphatic heterocycles. The van der Waals surface area contributed by atoms with Crippen molar-refractivity contribution in [1.29, 1.82) is 0 Å². The molecule has 0 atom stereocenters. The van der Waals surface area contributed by atoms with E-state index in [9.17, 15) is 9.90 Å². The van der Waals surface area contributed by atoms with Gasteiger partial charge in [0, 0.05) is 12.2 Å². The lowest BCUT2D eigenvalue weighted by Crippen LogP contribution is -2.09. The van der Waals surface area contributed by atoms with Crippen LogP contribution in [0.25, 0.3) is 0 Å². The van der Waals surface area contributed by atoms with Crippen LogP contribution in [0, 0.1) is 0 Å². The molecule has 0 fully saturated rings. The smallest absolute Gasteiger partial charge is 0.336 e. The van der Waals surface area contributed by atoms with Crippen LogP contribution >= 0.6 is 12.4 Å². The molecule has 0 bridgehead atoms. The average molecular weight is 339 g/mol. The number of hydrogen-bond donors (Lipinski definition) is 4. The summed E-state index contributed by atoms with van der Waals surface area (Å²) in [5.41, 5.74) is 7.88. The van der Waals surface area contributed by atoms with Crippen LogP contribution in [0.15, 0.2) is 42.5 Å². The maximum Gasteiger partial charge on any atom is 0.336 e. The Bertz CT molecular complexity index is 664. The summed E-state index contributed by atoms with van der Waals surface area (Å²) in [7, 11) is 0. The second-order valence-corrected chi connectivity index (χ2v) is 4.64. The number of nitrogens with two attached hydrogens (primary N) is 1. The Morgan fingerprint density at radius 2 is 1.96 bits per heavy atom. The number of benzene rings is 2. The minimum absolute atomic E-state index is 0. The molecule has 0 amide bonds. The third kappa shape index (κ3) is 5.05. The quantitative estimate of drug-likeness (QED) is 0.578. The largest absolute Gasteiger partial charge is 0.489 e. The fourth-order valence-corrected chi connectivity index (χ4v) is 2.04. The molecule has 2 aromatic rings. The highest BCUT2D eigenvalue weighted by Crippen LogP contribution is 2.27. The fourth-order valence-electron chi connectivity index (χ4n) is 2.04. The zero-order chi connectivity index (χ0) is 15.9. The number of aliphatic hydroxyl groups excluding tert-OH is 1. The van der Waals surface area contributed by atoms with Crippen molar-refractivity contribution in [3.05, 3.63) is 53.6 Å². The number of carboxylic acids is 1. The van der Waals surface area contributed by atoms with E-state index in [0.717, 1.165) is 0 Å². The molecule has 6 nitrogen and oxygen atoms in total. The SMILES string of the molecule is Cl.Nc1ccc(OCCO)c(NCc2ccccc2C(=O)O)c1. The molecule has 2 rings (SSSR count). The predicted molar refractivity (Wildman–Crippen MR) is 91.4 cm³/mol. The number of aliphatic hydroxyl groups is 1. The number of nitrogen functional groups attached to an aromatic ring is 1. The summed E-state index contributed by atoms with van der Waals surface area (Å²) in [5, 5.41) is 21.1. The molecular weight excluding hydrogens is 320 g/mol. The van der Waals surface area contributed by atoms with Gasteiger partial charge in [-0.3, -0.25) is 0 Å². The van der Waals surface area contributed by atoms with Crippen molar-refractivity contribution < 1.29 is 19.7 Å². The Labute approximate surface area is 140 Å². The summed E-state index contributed by atoms with van der Waals surface area (Å²) in [4.78, 5) is 11.2. The van der Waals surface area contributed by atoms with Gasteiger partial charge in [-0.2, -0.15) is 0 Å². The number of carboxylic acid groups (broad SMARTS) is 1. The molecule has 0 unspecified atom stereocenters. The van der Waals surface area contributed by atoms with Gasteiger partial charge in [0.25, 0.3) is 0 Å². The van der Waals surface area contributed by atoms with Gasteiger partial charge in [0.2, 0.25) is 0 Å². The number of hydrogen-bond acceptors (Lipinski definition) is 5. The minimum atomic E-state index is -0.971. The van der Waals surface area contributed by atoms with Gasteiger partial charge in [0.1, 0.15) is 12.4 Å². The molecule has 0 radical (unpaired) electrons. The van der Waals surface area contributed by atoms with E-state index in [0.29, 0.717) is 29.2 Å². The van der Waals surface area contributed by atoms with Crippen LogP contribution < -0.4 is 15.8 Å². The third-order valence-electron chi connectivity index (χ3n) is 3.07. The fraction of sp³-hybridized carbons (Fsp3) is 0.188. The Kier molecular flexibility index (Phi) is 7.18. The van der Waals surface area contributed by atoms with E-state index < -0.39 is 5.97 Å². The molecule has 0 saturated carbocycles. The first-order chi connectivity index (χ1) is 10.6. The molecule has 2 aromatic carbocycles. The van der Waals surface area contributed by atoms with Gasteiger partial charge in [-0.25, -0.2) is 4.79 Å². The van der Waals surface area contributed by atoms with E-state index >= 15 is 0 Å². The second kappa shape index (κ2) is 8.87. The van der Waals surface area contributed by atoms with Crippen molar-refractivity contribution in [3.8, 4) is 5.75 Å². The Hall–Kier alpha value is -2.44. The Morgan fingerprint density at radius 3 is 2.65 bits per heavy atom. The van der Waals surface area contributed by atoms with Gasteiger partial charge in [0.05, 0.1) is 17.9 Å². The van der Waals surface area contributed by atoms with Gasteiger partial charge >= 0.3 is 5.97 Å².